The normalized spacial score (nSPS) is 15.9. The van der Waals surface area contributed by atoms with Crippen LogP contribution in [0.15, 0.2) is 59.0 Å². The van der Waals surface area contributed by atoms with Crippen molar-refractivity contribution in [3.8, 4) is 0 Å². The van der Waals surface area contributed by atoms with Crippen LogP contribution in [0.3, 0.4) is 0 Å². The van der Waals surface area contributed by atoms with Gasteiger partial charge in [0.25, 0.3) is 21.8 Å². The molecule has 46 heavy (non-hydrogen) atoms. The maximum atomic E-state index is 13.9. The number of likely N-dealkylation sites (N-methyl/N-ethyl adjacent to an activating group) is 1. The standard InChI is InChI=1S/C34H38ClN5O5S/c1-21(2)17-25(41)9-11-30-32(34(43)40-15-13-38(4)14-16-40)22(3)31(36-30)20-28-27-19-26(10-12-29(27)37-33(28)42)46(44,45)39(5)24-8-6-7-23(35)18-24/h6-8,10,12,17-20,36H,9,11,13-16H2,1-5H3,(H,37,42)/b28-20-. The number of allylic oxidation sites excluding steroid dienone is 2. The lowest BCUT2D eigenvalue weighted by molar-refractivity contribution is -0.114. The largest absolute Gasteiger partial charge is 0.358 e. The number of rotatable bonds is 9. The minimum Gasteiger partial charge on any atom is -0.358 e. The van der Waals surface area contributed by atoms with Gasteiger partial charge in [-0.2, -0.15) is 0 Å². The molecule has 0 atom stereocenters. The molecule has 242 valence electrons. The number of anilines is 2. The zero-order valence-corrected chi connectivity index (χ0v) is 28.2. The Bertz CT molecular complexity index is 1880. The Hall–Kier alpha value is -4.19. The van der Waals surface area contributed by atoms with Gasteiger partial charge < -0.3 is 20.1 Å². The van der Waals surface area contributed by atoms with Crippen LogP contribution in [-0.2, 0) is 26.0 Å². The van der Waals surface area contributed by atoms with E-state index in [9.17, 15) is 22.8 Å². The number of sulfonamides is 1. The fourth-order valence-electron chi connectivity index (χ4n) is 5.70. The molecule has 0 spiro atoms. The first-order valence-electron chi connectivity index (χ1n) is 15.0. The summed E-state index contributed by atoms with van der Waals surface area (Å²) in [6.07, 6.45) is 3.78. The maximum absolute atomic E-state index is 13.9. The number of nitrogens with zero attached hydrogens (tertiary/aromatic N) is 3. The molecular formula is C34H38ClN5O5S. The molecule has 5 rings (SSSR count). The van der Waals surface area contributed by atoms with Gasteiger partial charge in [0.2, 0.25) is 0 Å². The number of carbonyl (C=O) groups is 3. The Labute approximate surface area is 274 Å². The second kappa shape index (κ2) is 13.3. The lowest BCUT2D eigenvalue weighted by atomic mass is 10.0. The summed E-state index contributed by atoms with van der Waals surface area (Å²) < 4.78 is 28.4. The topological polar surface area (TPSA) is 123 Å². The summed E-state index contributed by atoms with van der Waals surface area (Å²) in [7, 11) is -0.534. The Morgan fingerprint density at radius 3 is 2.46 bits per heavy atom. The van der Waals surface area contributed by atoms with Gasteiger partial charge in [0, 0.05) is 67.3 Å². The van der Waals surface area contributed by atoms with Crippen LogP contribution >= 0.6 is 11.6 Å². The summed E-state index contributed by atoms with van der Waals surface area (Å²) in [5, 5.41) is 3.22. The number of hydrogen-bond donors (Lipinski definition) is 2. The Kier molecular flexibility index (Phi) is 9.57. The molecule has 0 unspecified atom stereocenters. The van der Waals surface area contributed by atoms with Crippen molar-refractivity contribution in [2.75, 3.05) is 49.9 Å². The van der Waals surface area contributed by atoms with Crippen LogP contribution in [0, 0.1) is 6.92 Å². The number of piperazine rings is 1. The first-order valence-corrected chi connectivity index (χ1v) is 16.9. The van der Waals surface area contributed by atoms with E-state index < -0.39 is 15.9 Å². The predicted octanol–water partition coefficient (Wildman–Crippen LogP) is 5.15. The first-order chi connectivity index (χ1) is 21.8. The highest BCUT2D eigenvalue weighted by Crippen LogP contribution is 2.37. The van der Waals surface area contributed by atoms with E-state index in [1.54, 1.807) is 42.5 Å². The van der Waals surface area contributed by atoms with Gasteiger partial charge in [0.1, 0.15) is 0 Å². The minimum atomic E-state index is -4.00. The third-order valence-electron chi connectivity index (χ3n) is 8.33. The number of ketones is 1. The summed E-state index contributed by atoms with van der Waals surface area (Å²) in [6, 6.07) is 11.0. The van der Waals surface area contributed by atoms with Gasteiger partial charge in [0.15, 0.2) is 5.78 Å². The summed E-state index contributed by atoms with van der Waals surface area (Å²) >= 11 is 6.10. The van der Waals surface area contributed by atoms with Crippen molar-refractivity contribution in [1.82, 2.24) is 14.8 Å². The van der Waals surface area contributed by atoms with E-state index in [1.807, 2.05) is 32.7 Å². The Morgan fingerprint density at radius 1 is 1.07 bits per heavy atom. The SMILES string of the molecule is CC(C)=CC(=O)CCc1[nH]c(/C=C2\C(=O)Nc3ccc(S(=O)(=O)N(C)c4cccc(Cl)c4)cc32)c(C)c1C(=O)N1CCN(C)CC1. The molecule has 10 nitrogen and oxygen atoms in total. The molecular weight excluding hydrogens is 626 g/mol. The molecule has 2 N–H and O–H groups in total. The monoisotopic (exact) mass is 663 g/mol. The van der Waals surface area contributed by atoms with Crippen LogP contribution in [0.1, 0.15) is 53.1 Å². The highest BCUT2D eigenvalue weighted by Gasteiger charge is 2.31. The van der Waals surface area contributed by atoms with E-state index in [-0.39, 0.29) is 28.6 Å². The van der Waals surface area contributed by atoms with Gasteiger partial charge in [-0.3, -0.25) is 18.7 Å². The molecule has 1 fully saturated rings. The summed E-state index contributed by atoms with van der Waals surface area (Å²) in [6.45, 7) is 8.23. The lowest BCUT2D eigenvalue weighted by Gasteiger charge is -2.32. The lowest BCUT2D eigenvalue weighted by Crippen LogP contribution is -2.47. The molecule has 2 amide bonds. The van der Waals surface area contributed by atoms with Crippen LogP contribution in [0.2, 0.25) is 5.02 Å². The van der Waals surface area contributed by atoms with Crippen LogP contribution in [0.25, 0.3) is 11.6 Å². The second-order valence-corrected chi connectivity index (χ2v) is 14.4. The zero-order valence-electron chi connectivity index (χ0n) is 26.6. The van der Waals surface area contributed by atoms with Crippen LogP contribution < -0.4 is 9.62 Å². The molecule has 3 aromatic rings. The number of aromatic nitrogens is 1. The van der Waals surface area contributed by atoms with Gasteiger partial charge >= 0.3 is 0 Å². The van der Waals surface area contributed by atoms with Crippen molar-refractivity contribution in [3.63, 3.8) is 0 Å². The number of H-pyrrole nitrogens is 1. The molecule has 3 heterocycles. The molecule has 0 bridgehead atoms. The summed E-state index contributed by atoms with van der Waals surface area (Å²) in [5.41, 5.74) is 4.79. The van der Waals surface area contributed by atoms with Gasteiger partial charge in [-0.1, -0.05) is 23.2 Å². The molecule has 2 aromatic carbocycles. The van der Waals surface area contributed by atoms with Crippen LogP contribution in [0.4, 0.5) is 11.4 Å². The molecule has 1 aromatic heterocycles. The van der Waals surface area contributed by atoms with Gasteiger partial charge in [-0.25, -0.2) is 8.42 Å². The van der Waals surface area contributed by atoms with Crippen molar-refractivity contribution in [3.05, 3.63) is 87.2 Å². The molecule has 0 radical (unpaired) electrons. The zero-order chi connectivity index (χ0) is 33.3. The highest BCUT2D eigenvalue weighted by atomic mass is 35.5. The van der Waals surface area contributed by atoms with E-state index in [4.69, 9.17) is 11.6 Å². The number of aromatic amines is 1. The number of amides is 2. The molecule has 0 aliphatic carbocycles. The molecule has 12 heteroatoms. The van der Waals surface area contributed by atoms with Crippen molar-refractivity contribution in [2.45, 2.75) is 38.5 Å². The first kappa shape index (κ1) is 33.2. The fourth-order valence-corrected chi connectivity index (χ4v) is 7.09. The van der Waals surface area contributed by atoms with E-state index in [2.05, 4.69) is 15.2 Å². The van der Waals surface area contributed by atoms with Gasteiger partial charge in [-0.05, 0) is 88.4 Å². The van der Waals surface area contributed by atoms with Gasteiger partial charge in [-0.15, -0.1) is 0 Å². The molecule has 0 saturated carbocycles. The smallest absolute Gasteiger partial charge is 0.264 e. The fraction of sp³-hybridized carbons (Fsp3) is 0.324. The third kappa shape index (κ3) is 6.81. The number of fused-ring (bicyclic) bond motifs is 1. The van der Waals surface area contributed by atoms with Crippen molar-refractivity contribution in [1.29, 1.82) is 0 Å². The number of halogens is 1. The molecule has 2 aliphatic heterocycles. The van der Waals surface area contributed by atoms with Crippen molar-refractivity contribution >= 4 is 62.2 Å². The summed E-state index contributed by atoms with van der Waals surface area (Å²) in [5.74, 6) is -0.551. The number of nitrogens with one attached hydrogen (secondary N) is 2. The van der Waals surface area contributed by atoms with Crippen LogP contribution in [-0.4, -0.2) is 81.1 Å². The number of aryl methyl sites for hydroxylation is 1. The van der Waals surface area contributed by atoms with E-state index in [0.717, 1.165) is 23.0 Å². The van der Waals surface area contributed by atoms with Crippen LogP contribution in [0.5, 0.6) is 0 Å². The average molecular weight is 664 g/mol. The molecule has 2 aliphatic rings. The quantitative estimate of drug-likeness (QED) is 0.306. The van der Waals surface area contributed by atoms with E-state index in [1.165, 1.54) is 19.2 Å². The van der Waals surface area contributed by atoms with Gasteiger partial charge in [0.05, 0.1) is 21.7 Å². The second-order valence-electron chi connectivity index (χ2n) is 12.0. The number of hydrogen-bond acceptors (Lipinski definition) is 6. The number of benzene rings is 2. The highest BCUT2D eigenvalue weighted by molar-refractivity contribution is 7.92. The minimum absolute atomic E-state index is 0.00346. The molecule has 1 saturated heterocycles. The Balaban J connectivity index is 1.53. The van der Waals surface area contributed by atoms with Crippen molar-refractivity contribution < 1.29 is 22.8 Å². The Morgan fingerprint density at radius 2 is 1.78 bits per heavy atom. The number of carbonyl (C=O) groups excluding carboxylic acids is 3. The summed E-state index contributed by atoms with van der Waals surface area (Å²) in [4.78, 5) is 46.9. The van der Waals surface area contributed by atoms with E-state index in [0.29, 0.717) is 64.0 Å². The predicted molar refractivity (Wildman–Crippen MR) is 182 cm³/mol. The third-order valence-corrected chi connectivity index (χ3v) is 10.4. The average Bonchev–Trinajstić information content (AvgIpc) is 3.49. The maximum Gasteiger partial charge on any atom is 0.264 e. The van der Waals surface area contributed by atoms with Crippen molar-refractivity contribution in [2.24, 2.45) is 0 Å². The van der Waals surface area contributed by atoms with E-state index >= 15 is 0 Å².